The van der Waals surface area contributed by atoms with Crippen LogP contribution in [0.2, 0.25) is 0 Å². The third-order valence-electron chi connectivity index (χ3n) is 2.79. The van der Waals surface area contributed by atoms with Gasteiger partial charge in [0, 0.05) is 19.8 Å². The average Bonchev–Trinajstić information content (AvgIpc) is 2.46. The lowest BCUT2D eigenvalue weighted by molar-refractivity contribution is -0.385. The van der Waals surface area contributed by atoms with E-state index in [1.54, 1.807) is 0 Å². The second-order valence-corrected chi connectivity index (χ2v) is 4.27. The maximum atomic E-state index is 12.0. The van der Waals surface area contributed by atoms with Gasteiger partial charge >= 0.3 is 5.97 Å². The highest BCUT2D eigenvalue weighted by molar-refractivity contribution is 5.99. The lowest BCUT2D eigenvalue weighted by Gasteiger charge is -2.14. The Kier molecular flexibility index (Phi) is 6.28. The molecular formula is C13H16N2O6. The van der Waals surface area contributed by atoms with Crippen LogP contribution >= 0.6 is 0 Å². The summed E-state index contributed by atoms with van der Waals surface area (Å²) in [5, 5.41) is 22.2. The van der Waals surface area contributed by atoms with Crippen LogP contribution in [0.4, 0.5) is 5.69 Å². The van der Waals surface area contributed by atoms with Crippen LogP contribution in [0.3, 0.4) is 0 Å². The summed E-state index contributed by atoms with van der Waals surface area (Å²) >= 11 is 0. The third kappa shape index (κ3) is 4.84. The zero-order valence-electron chi connectivity index (χ0n) is 11.4. The Morgan fingerprint density at radius 1 is 1.43 bits per heavy atom. The molecular weight excluding hydrogens is 280 g/mol. The number of carboxylic acid groups (broad SMARTS) is 1. The van der Waals surface area contributed by atoms with E-state index < -0.39 is 22.8 Å². The molecule has 1 atom stereocenters. The summed E-state index contributed by atoms with van der Waals surface area (Å²) in [5.74, 6) is -1.98. The van der Waals surface area contributed by atoms with Crippen molar-refractivity contribution in [1.29, 1.82) is 0 Å². The Morgan fingerprint density at radius 3 is 2.67 bits per heavy atom. The van der Waals surface area contributed by atoms with Crippen molar-refractivity contribution in [3.8, 4) is 0 Å². The first-order valence-electron chi connectivity index (χ1n) is 6.23. The number of hydrogen-bond donors (Lipinski definition) is 2. The van der Waals surface area contributed by atoms with Crippen molar-refractivity contribution in [3.05, 3.63) is 39.9 Å². The van der Waals surface area contributed by atoms with E-state index in [0.29, 0.717) is 13.0 Å². The van der Waals surface area contributed by atoms with Gasteiger partial charge in [0.1, 0.15) is 11.6 Å². The Bertz CT molecular complexity index is 531. The molecule has 0 spiro atoms. The number of rotatable bonds is 8. The number of methoxy groups -OCH3 is 1. The SMILES string of the molecule is COCCCC(NC(=O)c1ccccc1[N+](=O)[O-])C(=O)O. The van der Waals surface area contributed by atoms with Gasteiger partial charge in [0.15, 0.2) is 0 Å². The van der Waals surface area contributed by atoms with E-state index in [1.807, 2.05) is 0 Å². The smallest absolute Gasteiger partial charge is 0.326 e. The molecule has 0 bridgehead atoms. The number of hydrogen-bond acceptors (Lipinski definition) is 5. The van der Waals surface area contributed by atoms with Crippen LogP contribution in [-0.4, -0.2) is 41.7 Å². The van der Waals surface area contributed by atoms with Crippen molar-refractivity contribution in [3.63, 3.8) is 0 Å². The molecule has 1 rings (SSSR count). The van der Waals surface area contributed by atoms with E-state index in [9.17, 15) is 19.7 Å². The standard InChI is InChI=1S/C13H16N2O6/c1-21-8-4-6-10(13(17)18)14-12(16)9-5-2-3-7-11(9)15(19)20/h2-3,5,7,10H,4,6,8H2,1H3,(H,14,16)(H,17,18). The summed E-state index contributed by atoms with van der Waals surface area (Å²) in [6.07, 6.45) is 0.625. The highest BCUT2D eigenvalue weighted by atomic mass is 16.6. The van der Waals surface area contributed by atoms with Crippen LogP contribution in [0.25, 0.3) is 0 Å². The Morgan fingerprint density at radius 2 is 2.10 bits per heavy atom. The molecule has 0 aliphatic heterocycles. The van der Waals surface area contributed by atoms with E-state index in [2.05, 4.69) is 5.32 Å². The fourth-order valence-electron chi connectivity index (χ4n) is 1.75. The molecule has 1 aromatic rings. The van der Waals surface area contributed by atoms with Gasteiger partial charge in [-0.2, -0.15) is 0 Å². The normalized spacial score (nSPS) is 11.7. The molecule has 0 aromatic heterocycles. The minimum absolute atomic E-state index is 0.166. The molecule has 1 amide bonds. The molecule has 8 nitrogen and oxygen atoms in total. The number of benzene rings is 1. The van der Waals surface area contributed by atoms with Crippen molar-refractivity contribution in [2.75, 3.05) is 13.7 Å². The summed E-state index contributed by atoms with van der Waals surface area (Å²) in [4.78, 5) is 33.3. The van der Waals surface area contributed by atoms with Gasteiger partial charge in [-0.05, 0) is 18.9 Å². The molecule has 0 saturated carbocycles. The van der Waals surface area contributed by atoms with E-state index in [-0.39, 0.29) is 17.7 Å². The highest BCUT2D eigenvalue weighted by Gasteiger charge is 2.24. The van der Waals surface area contributed by atoms with Gasteiger partial charge < -0.3 is 15.2 Å². The number of nitro benzene ring substituents is 1. The summed E-state index contributed by atoms with van der Waals surface area (Å²) in [5.41, 5.74) is -0.531. The summed E-state index contributed by atoms with van der Waals surface area (Å²) in [6.45, 7) is 0.366. The molecule has 0 heterocycles. The zero-order chi connectivity index (χ0) is 15.8. The molecule has 0 aliphatic rings. The molecule has 1 aromatic carbocycles. The fraction of sp³-hybridized carbons (Fsp3) is 0.385. The van der Waals surface area contributed by atoms with E-state index in [0.717, 1.165) is 0 Å². The topological polar surface area (TPSA) is 119 Å². The second kappa shape index (κ2) is 7.95. The number of para-hydroxylation sites is 1. The molecule has 1 unspecified atom stereocenters. The molecule has 0 saturated heterocycles. The van der Waals surface area contributed by atoms with E-state index in [1.165, 1.54) is 31.4 Å². The first-order chi connectivity index (χ1) is 9.97. The number of nitro groups is 1. The second-order valence-electron chi connectivity index (χ2n) is 4.27. The summed E-state index contributed by atoms with van der Waals surface area (Å²) in [7, 11) is 1.49. The van der Waals surface area contributed by atoms with Crippen LogP contribution in [0.1, 0.15) is 23.2 Å². The molecule has 21 heavy (non-hydrogen) atoms. The minimum Gasteiger partial charge on any atom is -0.480 e. The lowest BCUT2D eigenvalue weighted by atomic mass is 10.1. The van der Waals surface area contributed by atoms with Crippen molar-refractivity contribution in [2.45, 2.75) is 18.9 Å². The number of carboxylic acids is 1. The predicted octanol–water partition coefficient (Wildman–Crippen LogP) is 1.20. The van der Waals surface area contributed by atoms with Gasteiger partial charge in [0.05, 0.1) is 4.92 Å². The van der Waals surface area contributed by atoms with Gasteiger partial charge in [0.2, 0.25) is 0 Å². The number of aliphatic carboxylic acids is 1. The quantitative estimate of drug-likeness (QED) is 0.422. The first-order valence-corrected chi connectivity index (χ1v) is 6.23. The van der Waals surface area contributed by atoms with Crippen molar-refractivity contribution in [2.24, 2.45) is 0 Å². The fourth-order valence-corrected chi connectivity index (χ4v) is 1.75. The summed E-state index contributed by atoms with van der Waals surface area (Å²) in [6, 6.07) is 4.26. The predicted molar refractivity (Wildman–Crippen MR) is 73.1 cm³/mol. The molecule has 2 N–H and O–H groups in total. The molecule has 0 aliphatic carbocycles. The van der Waals surface area contributed by atoms with Gasteiger partial charge in [-0.3, -0.25) is 14.9 Å². The van der Waals surface area contributed by atoms with Gasteiger partial charge in [0.25, 0.3) is 11.6 Å². The number of carbonyl (C=O) groups is 2. The number of carbonyl (C=O) groups excluding carboxylic acids is 1. The Labute approximate surface area is 120 Å². The average molecular weight is 296 g/mol. The molecule has 0 radical (unpaired) electrons. The number of nitrogens with zero attached hydrogens (tertiary/aromatic N) is 1. The van der Waals surface area contributed by atoms with Crippen LogP contribution < -0.4 is 5.32 Å². The monoisotopic (exact) mass is 296 g/mol. The van der Waals surface area contributed by atoms with Gasteiger partial charge in [-0.1, -0.05) is 12.1 Å². The number of ether oxygens (including phenoxy) is 1. The Balaban J connectivity index is 2.82. The maximum Gasteiger partial charge on any atom is 0.326 e. The van der Waals surface area contributed by atoms with Crippen LogP contribution in [0.15, 0.2) is 24.3 Å². The number of nitrogens with one attached hydrogen (secondary N) is 1. The van der Waals surface area contributed by atoms with Gasteiger partial charge in [-0.25, -0.2) is 4.79 Å². The van der Waals surface area contributed by atoms with Crippen molar-refractivity contribution >= 4 is 17.6 Å². The minimum atomic E-state index is -1.20. The van der Waals surface area contributed by atoms with Gasteiger partial charge in [-0.15, -0.1) is 0 Å². The molecule has 8 heteroatoms. The van der Waals surface area contributed by atoms with Crippen LogP contribution in [0, 0.1) is 10.1 Å². The number of amides is 1. The largest absolute Gasteiger partial charge is 0.480 e. The van der Waals surface area contributed by atoms with E-state index >= 15 is 0 Å². The van der Waals surface area contributed by atoms with Crippen LogP contribution in [-0.2, 0) is 9.53 Å². The molecule has 114 valence electrons. The summed E-state index contributed by atoms with van der Waals surface area (Å²) < 4.78 is 4.82. The lowest BCUT2D eigenvalue weighted by Crippen LogP contribution is -2.41. The van der Waals surface area contributed by atoms with Crippen LogP contribution in [0.5, 0.6) is 0 Å². The zero-order valence-corrected chi connectivity index (χ0v) is 11.4. The van der Waals surface area contributed by atoms with Crippen molar-refractivity contribution < 1.29 is 24.4 Å². The first kappa shape index (κ1) is 16.6. The highest BCUT2D eigenvalue weighted by Crippen LogP contribution is 2.17. The maximum absolute atomic E-state index is 12.0. The Hall–Kier alpha value is -2.48. The molecule has 0 fully saturated rings. The third-order valence-corrected chi connectivity index (χ3v) is 2.79. The van der Waals surface area contributed by atoms with Crippen molar-refractivity contribution in [1.82, 2.24) is 5.32 Å². The van der Waals surface area contributed by atoms with E-state index in [4.69, 9.17) is 9.84 Å².